The van der Waals surface area contributed by atoms with Crippen molar-refractivity contribution in [2.24, 2.45) is 0 Å². The van der Waals surface area contributed by atoms with Gasteiger partial charge in [-0.15, -0.1) is 34.5 Å². The molecule has 0 saturated heterocycles. The molecule has 0 aromatic carbocycles. The summed E-state index contributed by atoms with van der Waals surface area (Å²) >= 11 is 16.1. The number of pyridine rings is 4. The zero-order valence-corrected chi connectivity index (χ0v) is 27.2. The number of anilines is 4. The maximum atomic E-state index is 4.76. The number of hydrogen-bond donors (Lipinski definition) is 2. The van der Waals surface area contributed by atoms with Crippen LogP contribution < -0.4 is 10.6 Å². The topological polar surface area (TPSA) is 101 Å². The van der Waals surface area contributed by atoms with Gasteiger partial charge in [0.1, 0.15) is 26.8 Å². The van der Waals surface area contributed by atoms with Gasteiger partial charge in [0.05, 0.1) is 16.7 Å². The summed E-state index contributed by atoms with van der Waals surface area (Å²) in [5.41, 5.74) is 5.62. The summed E-state index contributed by atoms with van der Waals surface area (Å²) in [5.74, 6) is 1.66. The van der Waals surface area contributed by atoms with Gasteiger partial charge in [-0.25, -0.2) is 19.9 Å². The fourth-order valence-electron chi connectivity index (χ4n) is 3.41. The lowest BCUT2D eigenvalue weighted by Crippen LogP contribution is -1.95. The molecule has 0 aliphatic heterocycles. The van der Waals surface area contributed by atoms with Crippen molar-refractivity contribution in [1.29, 1.82) is 0 Å². The Labute approximate surface area is 270 Å². The molecule has 6 heterocycles. The van der Waals surface area contributed by atoms with Crippen LogP contribution in [0.3, 0.4) is 0 Å². The van der Waals surface area contributed by atoms with Crippen molar-refractivity contribution in [3.05, 3.63) is 106 Å². The molecular formula is C29H25BrCl2N8S2. The second-order valence-electron chi connectivity index (χ2n) is 8.30. The molecule has 0 amide bonds. The van der Waals surface area contributed by atoms with Gasteiger partial charge in [-0.3, -0.25) is 9.97 Å². The molecule has 6 rings (SSSR count). The van der Waals surface area contributed by atoms with Crippen LogP contribution in [0.25, 0.3) is 22.8 Å². The molecule has 6 aromatic rings. The molecule has 0 fully saturated rings. The lowest BCUT2D eigenvalue weighted by molar-refractivity contribution is 1.23. The van der Waals surface area contributed by atoms with Crippen LogP contribution in [0.15, 0.2) is 94.6 Å². The van der Waals surface area contributed by atoms with Gasteiger partial charge >= 0.3 is 0 Å². The standard InChI is InChI=1S/C14H11BrN4S.C14H12N4S.CH2Cl2/c1-9-5-4-8-17-13(9)19-14-18-11(12(15)20-14)10-6-2-3-7-16-10;1-10-5-4-8-16-13(10)18-14-17-12(9-19-14)11-6-2-3-7-15-11;2-1-3/h2-8H,1H3,(H,17,18,19);2-9H,1H3,(H,16,17,18);1H2. The summed E-state index contributed by atoms with van der Waals surface area (Å²) in [7, 11) is 0. The smallest absolute Gasteiger partial charge is 0.190 e. The van der Waals surface area contributed by atoms with Crippen LogP contribution in [0, 0.1) is 13.8 Å². The summed E-state index contributed by atoms with van der Waals surface area (Å²) in [4.78, 5) is 26.3. The van der Waals surface area contributed by atoms with Gasteiger partial charge in [-0.2, -0.15) is 0 Å². The van der Waals surface area contributed by atoms with Crippen LogP contribution in [0.5, 0.6) is 0 Å². The minimum absolute atomic E-state index is 0.194. The van der Waals surface area contributed by atoms with E-state index in [0.29, 0.717) is 0 Å². The van der Waals surface area contributed by atoms with Gasteiger partial charge in [0.25, 0.3) is 0 Å². The van der Waals surface area contributed by atoms with E-state index in [1.165, 1.54) is 11.3 Å². The highest BCUT2D eigenvalue weighted by molar-refractivity contribution is 9.11. The Morgan fingerprint density at radius 2 is 1.21 bits per heavy atom. The molecule has 0 saturated carbocycles. The second kappa shape index (κ2) is 16.2. The van der Waals surface area contributed by atoms with Crippen LogP contribution in [0.2, 0.25) is 0 Å². The van der Waals surface area contributed by atoms with Crippen molar-refractivity contribution in [1.82, 2.24) is 29.9 Å². The highest BCUT2D eigenvalue weighted by Crippen LogP contribution is 2.35. The van der Waals surface area contributed by atoms with E-state index in [2.05, 4.69) is 56.5 Å². The third kappa shape index (κ3) is 9.01. The number of halogens is 3. The van der Waals surface area contributed by atoms with Gasteiger partial charge in [0, 0.05) is 30.2 Å². The number of nitrogens with zero attached hydrogens (tertiary/aromatic N) is 6. The van der Waals surface area contributed by atoms with Crippen LogP contribution >= 0.6 is 61.8 Å². The molecule has 0 bridgehead atoms. The Kier molecular flexibility index (Phi) is 12.2. The molecular weight excluding hydrogens is 675 g/mol. The maximum absolute atomic E-state index is 4.76. The number of aryl methyl sites for hydroxylation is 2. The lowest BCUT2D eigenvalue weighted by Gasteiger charge is -2.03. The fraction of sp³-hybridized carbons (Fsp3) is 0.103. The van der Waals surface area contributed by atoms with E-state index >= 15 is 0 Å². The van der Waals surface area contributed by atoms with E-state index in [4.69, 9.17) is 23.2 Å². The minimum atomic E-state index is 0.194. The summed E-state index contributed by atoms with van der Waals surface area (Å²) < 4.78 is 0.951. The Bertz CT molecular complexity index is 1680. The summed E-state index contributed by atoms with van der Waals surface area (Å²) in [6, 6.07) is 19.4. The van der Waals surface area contributed by atoms with Crippen molar-refractivity contribution in [3.63, 3.8) is 0 Å². The van der Waals surface area contributed by atoms with Gasteiger partial charge in [0.2, 0.25) is 0 Å². The molecule has 0 spiro atoms. The monoisotopic (exact) mass is 698 g/mol. The van der Waals surface area contributed by atoms with Gasteiger partial charge in [-0.05, 0) is 77.3 Å². The molecule has 0 aliphatic rings. The van der Waals surface area contributed by atoms with Crippen LogP contribution in [0.1, 0.15) is 11.1 Å². The largest absolute Gasteiger partial charge is 0.316 e. The molecule has 8 nitrogen and oxygen atoms in total. The van der Waals surface area contributed by atoms with Crippen molar-refractivity contribution >= 4 is 83.7 Å². The van der Waals surface area contributed by atoms with E-state index in [1.807, 2.05) is 79.9 Å². The zero-order chi connectivity index (χ0) is 29.7. The number of rotatable bonds is 6. The van der Waals surface area contributed by atoms with Gasteiger partial charge in [-0.1, -0.05) is 35.6 Å². The first-order valence-electron chi connectivity index (χ1n) is 12.4. The molecule has 0 radical (unpaired) electrons. The molecule has 214 valence electrons. The molecule has 6 aromatic heterocycles. The molecule has 0 aliphatic carbocycles. The third-order valence-corrected chi connectivity index (χ3v) is 7.77. The van der Waals surface area contributed by atoms with Crippen molar-refractivity contribution < 1.29 is 0 Å². The van der Waals surface area contributed by atoms with E-state index in [1.54, 1.807) is 36.1 Å². The molecule has 13 heteroatoms. The van der Waals surface area contributed by atoms with Crippen molar-refractivity contribution in [3.8, 4) is 22.8 Å². The SMILES string of the molecule is Cc1cccnc1Nc1nc(-c2ccccn2)c(Br)s1.Cc1cccnc1Nc1nc(-c2ccccn2)cs1.ClCCl. The highest BCUT2D eigenvalue weighted by Gasteiger charge is 2.13. The van der Waals surface area contributed by atoms with E-state index < -0.39 is 0 Å². The van der Waals surface area contributed by atoms with Crippen molar-refractivity contribution in [2.45, 2.75) is 13.8 Å². The van der Waals surface area contributed by atoms with Gasteiger partial charge in [0.15, 0.2) is 10.3 Å². The Balaban J connectivity index is 0.000000177. The van der Waals surface area contributed by atoms with Crippen molar-refractivity contribution in [2.75, 3.05) is 16.0 Å². The fourth-order valence-corrected chi connectivity index (χ4v) is 5.57. The zero-order valence-electron chi connectivity index (χ0n) is 22.5. The first kappa shape index (κ1) is 31.5. The first-order valence-corrected chi connectivity index (χ1v) is 16.0. The van der Waals surface area contributed by atoms with Crippen LogP contribution in [0.4, 0.5) is 21.9 Å². The van der Waals surface area contributed by atoms with Gasteiger partial charge < -0.3 is 10.6 Å². The third-order valence-electron chi connectivity index (χ3n) is 5.39. The number of thiazole rings is 2. The lowest BCUT2D eigenvalue weighted by atomic mass is 10.3. The predicted octanol–water partition coefficient (Wildman–Crippen LogP) is 9.49. The van der Waals surface area contributed by atoms with E-state index in [-0.39, 0.29) is 5.34 Å². The highest BCUT2D eigenvalue weighted by atomic mass is 79.9. The maximum Gasteiger partial charge on any atom is 0.190 e. The Hall–Kier alpha value is -3.48. The summed E-state index contributed by atoms with van der Waals surface area (Å²) in [5, 5.41) is 10.3. The summed E-state index contributed by atoms with van der Waals surface area (Å²) in [6.07, 6.45) is 7.06. The number of aromatic nitrogens is 6. The van der Waals surface area contributed by atoms with E-state index in [9.17, 15) is 0 Å². The molecule has 0 atom stereocenters. The first-order chi connectivity index (χ1) is 20.5. The number of alkyl halides is 2. The molecule has 2 N–H and O–H groups in total. The quantitative estimate of drug-likeness (QED) is 0.166. The summed E-state index contributed by atoms with van der Waals surface area (Å²) in [6.45, 7) is 4.03. The van der Waals surface area contributed by atoms with Crippen LogP contribution in [-0.4, -0.2) is 35.2 Å². The molecule has 42 heavy (non-hydrogen) atoms. The van der Waals surface area contributed by atoms with E-state index in [0.717, 1.165) is 59.6 Å². The minimum Gasteiger partial charge on any atom is -0.316 e. The Morgan fingerprint density at radius 1 is 0.667 bits per heavy atom. The normalized spacial score (nSPS) is 10.1. The number of hydrogen-bond acceptors (Lipinski definition) is 10. The molecule has 0 unspecified atom stereocenters. The second-order valence-corrected chi connectivity index (χ2v) is 12.3. The average Bonchev–Trinajstić information content (AvgIpc) is 3.63. The number of nitrogens with one attached hydrogen (secondary N) is 2. The average molecular weight is 701 g/mol. The van der Waals surface area contributed by atoms with Crippen LogP contribution in [-0.2, 0) is 0 Å². The predicted molar refractivity (Wildman–Crippen MR) is 179 cm³/mol. The Morgan fingerprint density at radius 3 is 1.76 bits per heavy atom.